The van der Waals surface area contributed by atoms with E-state index in [4.69, 9.17) is 9.97 Å². The molecule has 55 heavy (non-hydrogen) atoms. The molecule has 0 atom stereocenters. The van der Waals surface area contributed by atoms with Gasteiger partial charge in [-0.3, -0.25) is 0 Å². The van der Waals surface area contributed by atoms with Crippen LogP contribution in [0.25, 0.3) is 89.2 Å². The Bertz CT molecular complexity index is 2850. The average Bonchev–Trinajstić information content (AvgIpc) is 3.47. The first-order chi connectivity index (χ1) is 27.0. The highest BCUT2D eigenvalue weighted by molar-refractivity contribution is 5.94. The SMILES string of the molecule is CC1(C)c2ccc(-c3cccc(-c4ccc(-c5cc(-c6ccccc6)nc(-c6ccc(-c7ccccc7)cc6)n5)cc4)c3)cc2-c2cc3ccccc3cc21. The molecule has 1 aromatic heterocycles. The maximum Gasteiger partial charge on any atom is 0.160 e. The van der Waals surface area contributed by atoms with Gasteiger partial charge in [-0.15, -0.1) is 0 Å². The van der Waals surface area contributed by atoms with Crippen LogP contribution in [-0.4, -0.2) is 9.97 Å². The van der Waals surface area contributed by atoms with Gasteiger partial charge in [-0.05, 0) is 96.7 Å². The molecule has 0 radical (unpaired) electrons. The molecule has 10 rings (SSSR count). The van der Waals surface area contributed by atoms with Crippen molar-refractivity contribution >= 4 is 10.8 Å². The largest absolute Gasteiger partial charge is 0.228 e. The second-order valence-electron chi connectivity index (χ2n) is 15.1. The van der Waals surface area contributed by atoms with E-state index in [0.29, 0.717) is 5.82 Å². The van der Waals surface area contributed by atoms with E-state index in [1.165, 1.54) is 66.4 Å². The van der Waals surface area contributed by atoms with Crippen molar-refractivity contribution < 1.29 is 0 Å². The molecular weight excluding hydrogens is 665 g/mol. The van der Waals surface area contributed by atoms with Gasteiger partial charge in [0.2, 0.25) is 0 Å². The predicted molar refractivity (Wildman–Crippen MR) is 230 cm³/mol. The topological polar surface area (TPSA) is 25.8 Å². The van der Waals surface area contributed by atoms with Gasteiger partial charge in [0.15, 0.2) is 5.82 Å². The number of fused-ring (bicyclic) bond motifs is 4. The van der Waals surface area contributed by atoms with Crippen molar-refractivity contribution in [2.75, 3.05) is 0 Å². The third kappa shape index (κ3) is 5.93. The zero-order valence-corrected chi connectivity index (χ0v) is 30.9. The fraction of sp³-hybridized carbons (Fsp3) is 0.0566. The maximum atomic E-state index is 5.12. The van der Waals surface area contributed by atoms with Gasteiger partial charge in [0.05, 0.1) is 11.4 Å². The van der Waals surface area contributed by atoms with E-state index < -0.39 is 0 Å². The zero-order valence-electron chi connectivity index (χ0n) is 30.9. The second-order valence-corrected chi connectivity index (χ2v) is 15.1. The number of nitrogens with zero attached hydrogens (tertiary/aromatic N) is 2. The first-order valence-electron chi connectivity index (χ1n) is 19.0. The molecule has 1 heterocycles. The Hall–Kier alpha value is -6.90. The molecule has 0 amide bonds. The van der Waals surface area contributed by atoms with Crippen LogP contribution in [-0.2, 0) is 5.41 Å². The standard InChI is InChI=1S/C53H38N2/c1-53(2)48-29-28-45(32-46(48)47-31-43-16-9-10-17-44(43)33-49(47)53)42-19-11-18-41(30-42)37-20-24-39(25-21-37)51-34-50(38-14-7-4-8-15-38)54-52(55-51)40-26-22-36(23-27-40)35-12-5-3-6-13-35/h3-34H,1-2H3. The smallest absolute Gasteiger partial charge is 0.160 e. The highest BCUT2D eigenvalue weighted by atomic mass is 14.9. The third-order valence-corrected chi connectivity index (χ3v) is 11.3. The van der Waals surface area contributed by atoms with Crippen molar-refractivity contribution in [2.45, 2.75) is 19.3 Å². The lowest BCUT2D eigenvalue weighted by atomic mass is 9.81. The number of rotatable bonds is 6. The minimum Gasteiger partial charge on any atom is -0.228 e. The highest BCUT2D eigenvalue weighted by Gasteiger charge is 2.35. The third-order valence-electron chi connectivity index (χ3n) is 11.3. The summed E-state index contributed by atoms with van der Waals surface area (Å²) in [5.41, 5.74) is 17.5. The fourth-order valence-corrected chi connectivity index (χ4v) is 8.25. The van der Waals surface area contributed by atoms with E-state index in [0.717, 1.165) is 28.1 Å². The van der Waals surface area contributed by atoms with Crippen LogP contribution >= 0.6 is 0 Å². The number of benzene rings is 8. The van der Waals surface area contributed by atoms with E-state index >= 15 is 0 Å². The zero-order chi connectivity index (χ0) is 36.9. The molecule has 0 fully saturated rings. The summed E-state index contributed by atoms with van der Waals surface area (Å²) in [4.78, 5) is 10.2. The van der Waals surface area contributed by atoms with E-state index in [-0.39, 0.29) is 5.41 Å². The van der Waals surface area contributed by atoms with Crippen LogP contribution in [0.4, 0.5) is 0 Å². The predicted octanol–water partition coefficient (Wildman–Crippen LogP) is 13.9. The van der Waals surface area contributed by atoms with Crippen LogP contribution in [0.1, 0.15) is 25.0 Å². The lowest BCUT2D eigenvalue weighted by Gasteiger charge is -2.22. The summed E-state index contributed by atoms with van der Waals surface area (Å²) in [7, 11) is 0. The van der Waals surface area contributed by atoms with E-state index in [1.54, 1.807) is 0 Å². The molecule has 0 N–H and O–H groups in total. The molecule has 9 aromatic rings. The molecule has 0 saturated heterocycles. The number of hydrogen-bond acceptors (Lipinski definition) is 2. The summed E-state index contributed by atoms with van der Waals surface area (Å²) in [5, 5.41) is 2.58. The van der Waals surface area contributed by atoms with Gasteiger partial charge in [0.25, 0.3) is 0 Å². The molecule has 1 aliphatic rings. The fourth-order valence-electron chi connectivity index (χ4n) is 8.25. The van der Waals surface area contributed by atoms with E-state index in [1.807, 2.05) is 12.1 Å². The van der Waals surface area contributed by atoms with Crippen molar-refractivity contribution in [3.63, 3.8) is 0 Å². The maximum absolute atomic E-state index is 5.12. The van der Waals surface area contributed by atoms with Gasteiger partial charge >= 0.3 is 0 Å². The second kappa shape index (κ2) is 13.2. The Balaban J connectivity index is 0.979. The van der Waals surface area contributed by atoms with Crippen molar-refractivity contribution in [3.8, 4) is 78.4 Å². The first kappa shape index (κ1) is 32.7. The van der Waals surface area contributed by atoms with Gasteiger partial charge in [-0.2, -0.15) is 0 Å². The van der Waals surface area contributed by atoms with Gasteiger partial charge in [0.1, 0.15) is 0 Å². The first-order valence-corrected chi connectivity index (χ1v) is 19.0. The average molecular weight is 703 g/mol. The van der Waals surface area contributed by atoms with E-state index in [9.17, 15) is 0 Å². The normalized spacial score (nSPS) is 12.7. The Labute approximate surface area is 322 Å². The lowest BCUT2D eigenvalue weighted by Crippen LogP contribution is -2.14. The molecule has 2 nitrogen and oxygen atoms in total. The van der Waals surface area contributed by atoms with Crippen LogP contribution in [0.3, 0.4) is 0 Å². The monoisotopic (exact) mass is 702 g/mol. The Kier molecular flexibility index (Phi) is 7.85. The minimum atomic E-state index is -0.0455. The summed E-state index contributed by atoms with van der Waals surface area (Å²) >= 11 is 0. The lowest BCUT2D eigenvalue weighted by molar-refractivity contribution is 0.661. The van der Waals surface area contributed by atoms with Crippen LogP contribution in [0.15, 0.2) is 194 Å². The summed E-state index contributed by atoms with van der Waals surface area (Å²) in [6, 6.07) is 69.6. The Morgan fingerprint density at radius 2 is 0.745 bits per heavy atom. The molecule has 2 heteroatoms. The van der Waals surface area contributed by atoms with E-state index in [2.05, 4.69) is 196 Å². The summed E-state index contributed by atoms with van der Waals surface area (Å²) in [5.74, 6) is 0.710. The van der Waals surface area contributed by atoms with Crippen LogP contribution in [0, 0.1) is 0 Å². The van der Waals surface area contributed by atoms with Crippen molar-refractivity contribution in [2.24, 2.45) is 0 Å². The Morgan fingerprint density at radius 1 is 0.309 bits per heavy atom. The Morgan fingerprint density at radius 3 is 1.42 bits per heavy atom. The number of aromatic nitrogens is 2. The summed E-state index contributed by atoms with van der Waals surface area (Å²) in [6.07, 6.45) is 0. The molecule has 0 saturated carbocycles. The van der Waals surface area contributed by atoms with Crippen LogP contribution in [0.5, 0.6) is 0 Å². The molecule has 260 valence electrons. The van der Waals surface area contributed by atoms with Crippen LogP contribution in [0.2, 0.25) is 0 Å². The molecule has 0 aliphatic heterocycles. The summed E-state index contributed by atoms with van der Waals surface area (Å²) in [6.45, 7) is 4.70. The molecule has 0 spiro atoms. The molecule has 8 aromatic carbocycles. The van der Waals surface area contributed by atoms with Gasteiger partial charge in [0, 0.05) is 22.1 Å². The van der Waals surface area contributed by atoms with Gasteiger partial charge in [-0.1, -0.05) is 178 Å². The van der Waals surface area contributed by atoms with Crippen molar-refractivity contribution in [3.05, 3.63) is 205 Å². The summed E-state index contributed by atoms with van der Waals surface area (Å²) < 4.78 is 0. The quantitative estimate of drug-likeness (QED) is 0.172. The molecule has 1 aliphatic carbocycles. The van der Waals surface area contributed by atoms with Gasteiger partial charge in [-0.25, -0.2) is 9.97 Å². The molecule has 0 bridgehead atoms. The van der Waals surface area contributed by atoms with Crippen LogP contribution < -0.4 is 0 Å². The van der Waals surface area contributed by atoms with Crippen molar-refractivity contribution in [1.82, 2.24) is 9.97 Å². The van der Waals surface area contributed by atoms with Crippen molar-refractivity contribution in [1.29, 1.82) is 0 Å². The minimum absolute atomic E-state index is 0.0455. The molecule has 0 unspecified atom stereocenters. The van der Waals surface area contributed by atoms with Gasteiger partial charge < -0.3 is 0 Å². The number of hydrogen-bond donors (Lipinski definition) is 0. The highest BCUT2D eigenvalue weighted by Crippen LogP contribution is 2.51. The molecular formula is C53H38N2.